The first kappa shape index (κ1) is 17.1. The number of aromatic nitrogens is 2. The maximum atomic E-state index is 13.0. The van der Waals surface area contributed by atoms with Crippen LogP contribution in [0, 0.1) is 11.7 Å². The maximum Gasteiger partial charge on any atom is 0.178 e. The third-order valence-electron chi connectivity index (χ3n) is 4.49. The van der Waals surface area contributed by atoms with Crippen LogP contribution in [0.2, 0.25) is 0 Å². The number of nitrogens with zero attached hydrogens (tertiary/aromatic N) is 2. The van der Waals surface area contributed by atoms with E-state index in [1.165, 1.54) is 24.6 Å². The fraction of sp³-hybridized carbons (Fsp3) is 0.471. The van der Waals surface area contributed by atoms with Gasteiger partial charge in [-0.15, -0.1) is 0 Å². The summed E-state index contributed by atoms with van der Waals surface area (Å²) in [6.07, 6.45) is 5.44. The zero-order valence-electron chi connectivity index (χ0n) is 13.7. The molecular weight excluding hydrogens is 329 g/mol. The Morgan fingerprint density at radius 3 is 2.79 bits per heavy atom. The van der Waals surface area contributed by atoms with E-state index >= 15 is 0 Å². The van der Waals surface area contributed by atoms with E-state index in [0.717, 1.165) is 38.0 Å². The lowest BCUT2D eigenvalue weighted by molar-refractivity contribution is 0.166. The minimum absolute atomic E-state index is 0.220. The van der Waals surface area contributed by atoms with E-state index in [1.807, 2.05) is 12.1 Å². The van der Waals surface area contributed by atoms with Crippen LogP contribution in [-0.2, 0) is 22.8 Å². The summed E-state index contributed by atoms with van der Waals surface area (Å²) in [5.74, 6) is 0.169. The predicted octanol–water partition coefficient (Wildman–Crippen LogP) is 2.41. The normalized spacial score (nSPS) is 19.5. The Bertz CT molecular complexity index is 786. The molecule has 1 aliphatic rings. The van der Waals surface area contributed by atoms with Gasteiger partial charge in [-0.05, 0) is 49.4 Å². The molecule has 1 aromatic carbocycles. The maximum absolute atomic E-state index is 13.0. The van der Waals surface area contributed by atoms with Crippen LogP contribution in [0.5, 0.6) is 0 Å². The molecule has 130 valence electrons. The predicted molar refractivity (Wildman–Crippen MR) is 89.8 cm³/mol. The van der Waals surface area contributed by atoms with Gasteiger partial charge < -0.3 is 0 Å². The number of piperidine rings is 1. The average Bonchev–Trinajstić information content (AvgIpc) is 2.98. The Hall–Kier alpha value is -1.73. The largest absolute Gasteiger partial charge is 0.299 e. The Labute approximate surface area is 141 Å². The number of sulfone groups is 1. The van der Waals surface area contributed by atoms with Gasteiger partial charge in [-0.2, -0.15) is 5.10 Å². The molecule has 0 aliphatic carbocycles. The van der Waals surface area contributed by atoms with E-state index in [0.29, 0.717) is 22.9 Å². The lowest BCUT2D eigenvalue weighted by Crippen LogP contribution is -2.35. The monoisotopic (exact) mass is 351 g/mol. The number of benzene rings is 1. The molecule has 0 spiro atoms. The van der Waals surface area contributed by atoms with Crippen LogP contribution in [0.4, 0.5) is 4.39 Å². The Balaban J connectivity index is 1.64. The number of nitrogens with one attached hydrogen (secondary N) is 1. The molecular formula is C17H22FN3O2S. The molecule has 3 rings (SSSR count). The second-order valence-electron chi connectivity index (χ2n) is 6.56. The highest BCUT2D eigenvalue weighted by molar-refractivity contribution is 7.90. The van der Waals surface area contributed by atoms with E-state index in [1.54, 1.807) is 0 Å². The summed E-state index contributed by atoms with van der Waals surface area (Å²) in [5.41, 5.74) is 1.79. The topological polar surface area (TPSA) is 66.1 Å². The number of hydrogen-bond donors (Lipinski definition) is 1. The van der Waals surface area contributed by atoms with Crippen LogP contribution in [0.1, 0.15) is 24.1 Å². The van der Waals surface area contributed by atoms with Crippen molar-refractivity contribution < 1.29 is 12.8 Å². The minimum Gasteiger partial charge on any atom is -0.299 e. The molecule has 1 aromatic heterocycles. The smallest absolute Gasteiger partial charge is 0.178 e. The summed E-state index contributed by atoms with van der Waals surface area (Å²) in [6, 6.07) is 6.60. The fourth-order valence-corrected chi connectivity index (χ4v) is 4.19. The molecule has 1 N–H and O–H groups in total. The van der Waals surface area contributed by atoms with Crippen LogP contribution in [0.3, 0.4) is 0 Å². The highest BCUT2D eigenvalue weighted by atomic mass is 32.2. The molecule has 0 bridgehead atoms. The van der Waals surface area contributed by atoms with Crippen LogP contribution in [0.15, 0.2) is 35.4 Å². The molecule has 0 saturated carbocycles. The van der Waals surface area contributed by atoms with Crippen molar-refractivity contribution >= 4 is 9.84 Å². The van der Waals surface area contributed by atoms with E-state index in [2.05, 4.69) is 15.1 Å². The molecule has 0 radical (unpaired) electrons. The second-order valence-corrected chi connectivity index (χ2v) is 8.54. The van der Waals surface area contributed by atoms with Crippen molar-refractivity contribution in [3.05, 3.63) is 47.5 Å². The first-order valence-electron chi connectivity index (χ1n) is 8.11. The summed E-state index contributed by atoms with van der Waals surface area (Å²) in [7, 11) is -3.25. The standard InChI is InChI=1S/C17H22FN3O2S/c1-24(22,23)17-10-19-20-16(17)9-14-3-2-8-21(12-14)11-13-4-6-15(18)7-5-13/h4-7,10,14H,2-3,8-9,11-12H2,1H3,(H,19,20)/t14-/m0/s1. The number of likely N-dealkylation sites (tertiary alicyclic amines) is 1. The van der Waals surface area contributed by atoms with Crippen molar-refractivity contribution in [3.63, 3.8) is 0 Å². The Morgan fingerprint density at radius 2 is 2.08 bits per heavy atom. The van der Waals surface area contributed by atoms with Gasteiger partial charge in [0.05, 0.1) is 11.9 Å². The van der Waals surface area contributed by atoms with Gasteiger partial charge in [0.25, 0.3) is 0 Å². The van der Waals surface area contributed by atoms with E-state index in [9.17, 15) is 12.8 Å². The van der Waals surface area contributed by atoms with E-state index < -0.39 is 9.84 Å². The third kappa shape index (κ3) is 4.21. The highest BCUT2D eigenvalue weighted by Gasteiger charge is 2.24. The molecule has 2 heterocycles. The Morgan fingerprint density at radius 1 is 1.33 bits per heavy atom. The van der Waals surface area contributed by atoms with Gasteiger partial charge in [-0.1, -0.05) is 12.1 Å². The average molecular weight is 351 g/mol. The summed E-state index contributed by atoms with van der Waals surface area (Å²) in [4.78, 5) is 2.65. The summed E-state index contributed by atoms with van der Waals surface area (Å²) in [6.45, 7) is 2.70. The fourth-order valence-electron chi connectivity index (χ4n) is 3.37. The van der Waals surface area contributed by atoms with Gasteiger partial charge in [0, 0.05) is 19.3 Å². The molecule has 1 fully saturated rings. The van der Waals surface area contributed by atoms with Gasteiger partial charge in [0.15, 0.2) is 9.84 Å². The molecule has 1 atom stereocenters. The highest BCUT2D eigenvalue weighted by Crippen LogP contribution is 2.24. The summed E-state index contributed by atoms with van der Waals surface area (Å²) >= 11 is 0. The van der Waals surface area contributed by atoms with E-state index in [-0.39, 0.29) is 5.82 Å². The summed E-state index contributed by atoms with van der Waals surface area (Å²) < 4.78 is 36.6. The Kier molecular flexibility index (Phi) is 5.01. The number of hydrogen-bond acceptors (Lipinski definition) is 4. The lowest BCUT2D eigenvalue weighted by Gasteiger charge is -2.32. The van der Waals surface area contributed by atoms with Crippen LogP contribution in [0.25, 0.3) is 0 Å². The van der Waals surface area contributed by atoms with Gasteiger partial charge >= 0.3 is 0 Å². The molecule has 5 nitrogen and oxygen atoms in total. The second kappa shape index (κ2) is 7.03. The number of aromatic amines is 1. The third-order valence-corrected chi connectivity index (χ3v) is 5.64. The zero-order valence-corrected chi connectivity index (χ0v) is 14.5. The van der Waals surface area contributed by atoms with Crippen molar-refractivity contribution in [1.82, 2.24) is 15.1 Å². The zero-order chi connectivity index (χ0) is 17.2. The molecule has 0 amide bonds. The quantitative estimate of drug-likeness (QED) is 0.898. The van der Waals surface area contributed by atoms with E-state index in [4.69, 9.17) is 0 Å². The molecule has 7 heteroatoms. The number of halogens is 1. The summed E-state index contributed by atoms with van der Waals surface area (Å²) in [5, 5.41) is 6.74. The lowest BCUT2D eigenvalue weighted by atomic mass is 9.93. The molecule has 24 heavy (non-hydrogen) atoms. The first-order valence-corrected chi connectivity index (χ1v) is 10.00. The number of H-pyrrole nitrogens is 1. The van der Waals surface area contributed by atoms with Gasteiger partial charge in [0.2, 0.25) is 0 Å². The molecule has 2 aromatic rings. The van der Waals surface area contributed by atoms with Crippen molar-refractivity contribution in [3.8, 4) is 0 Å². The van der Waals surface area contributed by atoms with Crippen LogP contribution in [-0.4, -0.2) is 42.9 Å². The first-order chi connectivity index (χ1) is 11.4. The minimum atomic E-state index is -3.25. The van der Waals surface area contributed by atoms with Gasteiger partial charge in [-0.3, -0.25) is 10.00 Å². The van der Waals surface area contributed by atoms with Crippen molar-refractivity contribution in [2.75, 3.05) is 19.3 Å². The van der Waals surface area contributed by atoms with Crippen molar-refractivity contribution in [2.45, 2.75) is 30.7 Å². The number of rotatable bonds is 5. The van der Waals surface area contributed by atoms with Gasteiger partial charge in [0.1, 0.15) is 10.7 Å². The molecule has 1 saturated heterocycles. The SMILES string of the molecule is CS(=O)(=O)c1cn[nH]c1C[C@@H]1CCCN(Cc2ccc(F)cc2)C1. The van der Waals surface area contributed by atoms with Gasteiger partial charge in [-0.25, -0.2) is 12.8 Å². The van der Waals surface area contributed by atoms with Crippen LogP contribution >= 0.6 is 0 Å². The molecule has 0 unspecified atom stereocenters. The van der Waals surface area contributed by atoms with Crippen LogP contribution < -0.4 is 0 Å². The van der Waals surface area contributed by atoms with Crippen molar-refractivity contribution in [2.24, 2.45) is 5.92 Å². The van der Waals surface area contributed by atoms with Crippen molar-refractivity contribution in [1.29, 1.82) is 0 Å². The molecule has 1 aliphatic heterocycles.